The van der Waals surface area contributed by atoms with Gasteiger partial charge in [0.15, 0.2) is 0 Å². The Balaban J connectivity index is 4.00. The minimum absolute atomic E-state index is 0.0207. The first kappa shape index (κ1) is 13.9. The van der Waals surface area contributed by atoms with E-state index >= 15 is 0 Å². The van der Waals surface area contributed by atoms with Crippen molar-refractivity contribution in [1.82, 2.24) is 4.90 Å². The number of rotatable bonds is 7. The number of likely N-dealkylation sites (N-methyl/N-ethyl adjacent to an activating group) is 1. The second-order valence-corrected chi connectivity index (χ2v) is 2.96. The van der Waals surface area contributed by atoms with E-state index in [-0.39, 0.29) is 18.4 Å². The molecule has 0 aliphatic carbocycles. The van der Waals surface area contributed by atoms with Gasteiger partial charge in [0.2, 0.25) is 5.91 Å². The standard InChI is InChI=1S/C10H19NO4/c1-4-11(8-10(13)15-5-2)9(12)6-7-14-3/h4-8H2,1-3H3. The van der Waals surface area contributed by atoms with Gasteiger partial charge in [0.1, 0.15) is 6.54 Å². The second-order valence-electron chi connectivity index (χ2n) is 2.96. The first-order valence-electron chi connectivity index (χ1n) is 5.08. The van der Waals surface area contributed by atoms with Crippen LogP contribution in [0.3, 0.4) is 0 Å². The molecule has 0 saturated carbocycles. The van der Waals surface area contributed by atoms with Crippen LogP contribution in [0.25, 0.3) is 0 Å². The number of ether oxygens (including phenoxy) is 2. The fourth-order valence-corrected chi connectivity index (χ4v) is 1.09. The third kappa shape index (κ3) is 6.06. The van der Waals surface area contributed by atoms with Gasteiger partial charge in [-0.1, -0.05) is 0 Å². The molecule has 0 aromatic heterocycles. The van der Waals surface area contributed by atoms with Gasteiger partial charge >= 0.3 is 5.97 Å². The van der Waals surface area contributed by atoms with Gasteiger partial charge in [-0.05, 0) is 13.8 Å². The summed E-state index contributed by atoms with van der Waals surface area (Å²) in [6, 6.07) is 0. The average molecular weight is 217 g/mol. The molecule has 0 spiro atoms. The molecule has 0 rings (SSSR count). The highest BCUT2D eigenvalue weighted by molar-refractivity contribution is 5.82. The molecule has 0 saturated heterocycles. The lowest BCUT2D eigenvalue weighted by molar-refractivity contribution is -0.149. The van der Waals surface area contributed by atoms with E-state index in [4.69, 9.17) is 9.47 Å². The first-order valence-corrected chi connectivity index (χ1v) is 5.08. The third-order valence-corrected chi connectivity index (χ3v) is 1.88. The number of amides is 1. The molecule has 0 aliphatic rings. The topological polar surface area (TPSA) is 55.8 Å². The molecule has 0 heterocycles. The number of carbonyl (C=O) groups is 2. The lowest BCUT2D eigenvalue weighted by Gasteiger charge is -2.19. The third-order valence-electron chi connectivity index (χ3n) is 1.88. The highest BCUT2D eigenvalue weighted by atomic mass is 16.5. The van der Waals surface area contributed by atoms with E-state index < -0.39 is 0 Å². The molecule has 5 nitrogen and oxygen atoms in total. The van der Waals surface area contributed by atoms with Crippen LogP contribution < -0.4 is 0 Å². The zero-order chi connectivity index (χ0) is 11.7. The van der Waals surface area contributed by atoms with E-state index in [1.54, 1.807) is 6.92 Å². The van der Waals surface area contributed by atoms with Crippen LogP contribution in [-0.4, -0.2) is 50.2 Å². The second kappa shape index (κ2) is 8.23. The fraction of sp³-hybridized carbons (Fsp3) is 0.800. The zero-order valence-electron chi connectivity index (χ0n) is 9.62. The summed E-state index contributed by atoms with van der Waals surface area (Å²) in [5.74, 6) is -0.461. The lowest BCUT2D eigenvalue weighted by atomic mass is 10.3. The van der Waals surface area contributed by atoms with Crippen molar-refractivity contribution < 1.29 is 19.1 Å². The summed E-state index contributed by atoms with van der Waals surface area (Å²) >= 11 is 0. The SMILES string of the molecule is CCOC(=O)CN(CC)C(=O)CCOC. The van der Waals surface area contributed by atoms with Crippen molar-refractivity contribution in [3.8, 4) is 0 Å². The molecular weight excluding hydrogens is 198 g/mol. The monoisotopic (exact) mass is 217 g/mol. The van der Waals surface area contributed by atoms with Gasteiger partial charge in [-0.15, -0.1) is 0 Å². The van der Waals surface area contributed by atoms with Gasteiger partial charge in [0.25, 0.3) is 0 Å². The van der Waals surface area contributed by atoms with E-state index in [0.717, 1.165) is 0 Å². The fourth-order valence-electron chi connectivity index (χ4n) is 1.09. The molecule has 0 atom stereocenters. The molecule has 0 radical (unpaired) electrons. The van der Waals surface area contributed by atoms with Gasteiger partial charge in [0, 0.05) is 13.7 Å². The molecule has 1 amide bonds. The lowest BCUT2D eigenvalue weighted by Crippen LogP contribution is -2.36. The molecule has 0 fully saturated rings. The van der Waals surface area contributed by atoms with Crippen molar-refractivity contribution in [2.75, 3.05) is 33.4 Å². The smallest absolute Gasteiger partial charge is 0.325 e. The Kier molecular flexibility index (Phi) is 7.62. The van der Waals surface area contributed by atoms with Gasteiger partial charge < -0.3 is 14.4 Å². The molecule has 5 heteroatoms. The van der Waals surface area contributed by atoms with Gasteiger partial charge in [-0.2, -0.15) is 0 Å². The minimum Gasteiger partial charge on any atom is -0.465 e. The summed E-state index contributed by atoms with van der Waals surface area (Å²) in [5.41, 5.74) is 0. The predicted octanol–water partition coefficient (Wildman–Crippen LogP) is 0.435. The quantitative estimate of drug-likeness (QED) is 0.580. The molecular formula is C10H19NO4. The number of carbonyl (C=O) groups excluding carboxylic acids is 2. The van der Waals surface area contributed by atoms with Gasteiger partial charge in [-0.3, -0.25) is 9.59 Å². The Morgan fingerprint density at radius 1 is 1.27 bits per heavy atom. The number of esters is 1. The maximum atomic E-state index is 11.5. The van der Waals surface area contributed by atoms with Crippen LogP contribution >= 0.6 is 0 Å². The zero-order valence-corrected chi connectivity index (χ0v) is 9.62. The minimum atomic E-state index is -0.370. The van der Waals surface area contributed by atoms with E-state index in [9.17, 15) is 9.59 Å². The Labute approximate surface area is 90.3 Å². The summed E-state index contributed by atoms with van der Waals surface area (Å²) < 4.78 is 9.56. The number of nitrogens with zero attached hydrogens (tertiary/aromatic N) is 1. The molecule has 0 unspecified atom stereocenters. The van der Waals surface area contributed by atoms with Crippen LogP contribution in [0.15, 0.2) is 0 Å². The summed E-state index contributed by atoms with van der Waals surface area (Å²) in [5, 5.41) is 0. The van der Waals surface area contributed by atoms with Crippen LogP contribution in [0.1, 0.15) is 20.3 Å². The summed E-state index contributed by atoms with van der Waals surface area (Å²) in [6.07, 6.45) is 0.295. The van der Waals surface area contributed by atoms with Crippen LogP contribution in [0.4, 0.5) is 0 Å². The number of methoxy groups -OCH3 is 1. The van der Waals surface area contributed by atoms with Crippen molar-refractivity contribution in [2.24, 2.45) is 0 Å². The maximum absolute atomic E-state index is 11.5. The van der Waals surface area contributed by atoms with Gasteiger partial charge in [0.05, 0.1) is 19.6 Å². The Morgan fingerprint density at radius 2 is 1.93 bits per heavy atom. The van der Waals surface area contributed by atoms with E-state index in [1.807, 2.05) is 6.92 Å². The van der Waals surface area contributed by atoms with Crippen molar-refractivity contribution in [1.29, 1.82) is 0 Å². The molecule has 15 heavy (non-hydrogen) atoms. The molecule has 0 aromatic rings. The van der Waals surface area contributed by atoms with Crippen molar-refractivity contribution in [3.05, 3.63) is 0 Å². The summed E-state index contributed by atoms with van der Waals surface area (Å²) in [6.45, 7) is 4.79. The summed E-state index contributed by atoms with van der Waals surface area (Å²) in [7, 11) is 1.54. The number of hydrogen-bond donors (Lipinski definition) is 0. The molecule has 0 aromatic carbocycles. The van der Waals surface area contributed by atoms with Crippen molar-refractivity contribution in [2.45, 2.75) is 20.3 Å². The summed E-state index contributed by atoms with van der Waals surface area (Å²) in [4.78, 5) is 24.1. The Hall–Kier alpha value is -1.10. The van der Waals surface area contributed by atoms with Crippen LogP contribution in [0, 0.1) is 0 Å². The van der Waals surface area contributed by atoms with Crippen LogP contribution in [-0.2, 0) is 19.1 Å². The van der Waals surface area contributed by atoms with E-state index in [2.05, 4.69) is 0 Å². The Morgan fingerprint density at radius 3 is 2.40 bits per heavy atom. The van der Waals surface area contributed by atoms with Crippen LogP contribution in [0.5, 0.6) is 0 Å². The van der Waals surface area contributed by atoms with E-state index in [1.165, 1.54) is 12.0 Å². The van der Waals surface area contributed by atoms with Gasteiger partial charge in [-0.25, -0.2) is 0 Å². The highest BCUT2D eigenvalue weighted by Crippen LogP contribution is 1.95. The molecule has 0 aliphatic heterocycles. The van der Waals surface area contributed by atoms with E-state index in [0.29, 0.717) is 26.2 Å². The predicted molar refractivity (Wildman–Crippen MR) is 55.4 cm³/mol. The maximum Gasteiger partial charge on any atom is 0.325 e. The largest absolute Gasteiger partial charge is 0.465 e. The number of hydrogen-bond acceptors (Lipinski definition) is 4. The Bertz CT molecular complexity index is 206. The molecule has 88 valence electrons. The highest BCUT2D eigenvalue weighted by Gasteiger charge is 2.15. The molecule has 0 N–H and O–H groups in total. The average Bonchev–Trinajstić information content (AvgIpc) is 2.22. The normalized spacial score (nSPS) is 9.80. The van der Waals surface area contributed by atoms with Crippen LogP contribution in [0.2, 0.25) is 0 Å². The van der Waals surface area contributed by atoms with Crippen molar-refractivity contribution >= 4 is 11.9 Å². The molecule has 0 bridgehead atoms. The van der Waals surface area contributed by atoms with Crippen molar-refractivity contribution in [3.63, 3.8) is 0 Å². The first-order chi connectivity index (χ1) is 7.15.